The first-order chi connectivity index (χ1) is 9.59. The minimum absolute atomic E-state index is 0.143. The van der Waals surface area contributed by atoms with Crippen molar-refractivity contribution < 1.29 is 0 Å². The molecule has 118 valence electrons. The fourth-order valence-electron chi connectivity index (χ4n) is 3.12. The van der Waals surface area contributed by atoms with E-state index >= 15 is 0 Å². The zero-order chi connectivity index (χ0) is 14.8. The first kappa shape index (κ1) is 17.5. The second-order valence-electron chi connectivity index (χ2n) is 6.93. The smallest absolute Gasteiger partial charge is 0.0997 e. The average molecular weight is 280 g/mol. The van der Waals surface area contributed by atoms with Crippen molar-refractivity contribution in [1.29, 1.82) is 0 Å². The van der Waals surface area contributed by atoms with Crippen LogP contribution in [0.2, 0.25) is 0 Å². The fraction of sp³-hybridized carbons (Fsp3) is 0.944. The second-order valence-corrected chi connectivity index (χ2v) is 6.93. The Hall–Kier alpha value is -0.530. The van der Waals surface area contributed by atoms with Crippen molar-refractivity contribution in [1.82, 2.24) is 4.90 Å². The van der Waals surface area contributed by atoms with Crippen LogP contribution in [0, 0.1) is 0 Å². The summed E-state index contributed by atoms with van der Waals surface area (Å²) in [6.07, 6.45) is 13.8. The van der Waals surface area contributed by atoms with Gasteiger partial charge in [0.15, 0.2) is 0 Å². The largest absolute Gasteiger partial charge is 0.358 e. The quantitative estimate of drug-likeness (QED) is 0.461. The van der Waals surface area contributed by atoms with Crippen LogP contribution in [0.5, 0.6) is 0 Å². The molecule has 0 N–H and O–H groups in total. The number of hydrogen-bond acceptors (Lipinski definition) is 2. The van der Waals surface area contributed by atoms with Gasteiger partial charge in [-0.3, -0.25) is 4.99 Å². The summed E-state index contributed by atoms with van der Waals surface area (Å²) in [5.74, 6) is 1.36. The normalized spacial score (nSPS) is 17.6. The summed E-state index contributed by atoms with van der Waals surface area (Å²) >= 11 is 0. The van der Waals surface area contributed by atoms with Crippen LogP contribution in [-0.4, -0.2) is 29.4 Å². The van der Waals surface area contributed by atoms with Gasteiger partial charge < -0.3 is 4.90 Å². The Bertz CT molecular complexity index is 281. The molecule has 1 aliphatic rings. The van der Waals surface area contributed by atoms with Crippen LogP contribution in [0.15, 0.2) is 4.99 Å². The van der Waals surface area contributed by atoms with Crippen molar-refractivity contribution in [3.05, 3.63) is 0 Å². The van der Waals surface area contributed by atoms with Crippen LogP contribution in [0.1, 0.15) is 91.9 Å². The van der Waals surface area contributed by atoms with E-state index in [2.05, 4.69) is 32.6 Å². The molecular formula is C18H36N2. The van der Waals surface area contributed by atoms with Crippen LogP contribution < -0.4 is 0 Å². The van der Waals surface area contributed by atoms with E-state index in [0.29, 0.717) is 0 Å². The third kappa shape index (κ3) is 6.76. The molecule has 0 atom stereocenters. The van der Waals surface area contributed by atoms with Crippen LogP contribution in [-0.2, 0) is 0 Å². The van der Waals surface area contributed by atoms with Gasteiger partial charge in [0.25, 0.3) is 0 Å². The van der Waals surface area contributed by atoms with Gasteiger partial charge in [0, 0.05) is 19.5 Å². The molecule has 1 rings (SSSR count). The van der Waals surface area contributed by atoms with E-state index in [9.17, 15) is 0 Å². The lowest BCUT2D eigenvalue weighted by atomic mass is 10.1. The Balaban J connectivity index is 2.03. The van der Waals surface area contributed by atoms with Crippen molar-refractivity contribution in [3.8, 4) is 0 Å². The molecule has 0 fully saturated rings. The lowest BCUT2D eigenvalue weighted by molar-refractivity contribution is 0.385. The SMILES string of the molecule is CCCCCCCCCCCC1=NC(C)(C)CN1CC. The predicted molar refractivity (Wildman–Crippen MR) is 90.6 cm³/mol. The van der Waals surface area contributed by atoms with Crippen molar-refractivity contribution in [2.75, 3.05) is 13.1 Å². The maximum Gasteiger partial charge on any atom is 0.0997 e. The standard InChI is InChI=1S/C18H36N2/c1-5-7-8-9-10-11-12-13-14-15-17-19-18(3,4)16-20(17)6-2/h5-16H2,1-4H3. The van der Waals surface area contributed by atoms with E-state index in [1.165, 1.54) is 70.0 Å². The average Bonchev–Trinajstić information content (AvgIpc) is 2.71. The van der Waals surface area contributed by atoms with E-state index in [0.717, 1.165) is 13.1 Å². The highest BCUT2D eigenvalue weighted by Gasteiger charge is 2.29. The lowest BCUT2D eigenvalue weighted by Crippen LogP contribution is -2.32. The van der Waals surface area contributed by atoms with Crippen LogP contribution in [0.3, 0.4) is 0 Å². The first-order valence-corrected chi connectivity index (χ1v) is 8.92. The Morgan fingerprint density at radius 2 is 1.45 bits per heavy atom. The highest BCUT2D eigenvalue weighted by atomic mass is 15.3. The number of rotatable bonds is 11. The molecule has 0 aliphatic carbocycles. The Kier molecular flexibility index (Phi) is 8.25. The minimum Gasteiger partial charge on any atom is -0.358 e. The molecule has 0 unspecified atom stereocenters. The Morgan fingerprint density at radius 3 is 2.00 bits per heavy atom. The van der Waals surface area contributed by atoms with Crippen molar-refractivity contribution in [2.24, 2.45) is 4.99 Å². The number of unbranched alkanes of at least 4 members (excludes halogenated alkanes) is 8. The van der Waals surface area contributed by atoms with Crippen LogP contribution in [0.25, 0.3) is 0 Å². The minimum atomic E-state index is 0.143. The second kappa shape index (κ2) is 9.41. The molecule has 0 radical (unpaired) electrons. The molecule has 0 aromatic carbocycles. The van der Waals surface area contributed by atoms with Gasteiger partial charge in [-0.25, -0.2) is 0 Å². The molecule has 20 heavy (non-hydrogen) atoms. The molecule has 0 saturated heterocycles. The van der Waals surface area contributed by atoms with Gasteiger partial charge in [0.05, 0.1) is 11.4 Å². The van der Waals surface area contributed by atoms with Gasteiger partial charge >= 0.3 is 0 Å². The third-order valence-electron chi connectivity index (χ3n) is 4.26. The van der Waals surface area contributed by atoms with E-state index < -0.39 is 0 Å². The zero-order valence-electron chi connectivity index (χ0n) is 14.4. The number of hydrogen-bond donors (Lipinski definition) is 0. The number of aliphatic imine (C=N–C) groups is 1. The Labute approximate surface area is 127 Å². The molecule has 0 bridgehead atoms. The third-order valence-corrected chi connectivity index (χ3v) is 4.26. The van der Waals surface area contributed by atoms with Crippen molar-refractivity contribution in [2.45, 2.75) is 97.4 Å². The topological polar surface area (TPSA) is 15.6 Å². The van der Waals surface area contributed by atoms with E-state index in [-0.39, 0.29) is 5.54 Å². The van der Waals surface area contributed by atoms with Crippen LogP contribution >= 0.6 is 0 Å². The summed E-state index contributed by atoms with van der Waals surface area (Å²) in [5.41, 5.74) is 0.143. The molecule has 2 heteroatoms. The Morgan fingerprint density at radius 1 is 0.900 bits per heavy atom. The summed E-state index contributed by atoms with van der Waals surface area (Å²) in [4.78, 5) is 7.35. The molecular weight excluding hydrogens is 244 g/mol. The maximum absolute atomic E-state index is 4.88. The van der Waals surface area contributed by atoms with E-state index in [4.69, 9.17) is 4.99 Å². The molecule has 0 spiro atoms. The van der Waals surface area contributed by atoms with Crippen LogP contribution in [0.4, 0.5) is 0 Å². The number of nitrogens with zero attached hydrogens (tertiary/aromatic N) is 2. The molecule has 1 aliphatic heterocycles. The summed E-state index contributed by atoms with van der Waals surface area (Å²) < 4.78 is 0. The van der Waals surface area contributed by atoms with E-state index in [1.807, 2.05) is 0 Å². The number of likely N-dealkylation sites (N-methyl/N-ethyl adjacent to an activating group) is 1. The summed E-state index contributed by atoms with van der Waals surface area (Å²) in [7, 11) is 0. The predicted octanol–water partition coefficient (Wildman–Crippen LogP) is 5.42. The molecule has 1 heterocycles. The zero-order valence-corrected chi connectivity index (χ0v) is 14.4. The fourth-order valence-corrected chi connectivity index (χ4v) is 3.12. The molecule has 0 saturated carbocycles. The summed E-state index contributed by atoms with van der Waals surface area (Å²) in [5, 5.41) is 0. The van der Waals surface area contributed by atoms with Gasteiger partial charge in [0.1, 0.15) is 0 Å². The van der Waals surface area contributed by atoms with Crippen molar-refractivity contribution in [3.63, 3.8) is 0 Å². The van der Waals surface area contributed by atoms with Crippen molar-refractivity contribution >= 4 is 5.84 Å². The highest BCUT2D eigenvalue weighted by molar-refractivity contribution is 5.84. The van der Waals surface area contributed by atoms with Gasteiger partial charge in [-0.15, -0.1) is 0 Å². The molecule has 0 aromatic rings. The number of amidine groups is 1. The summed E-state index contributed by atoms with van der Waals surface area (Å²) in [6.45, 7) is 11.2. The molecule has 0 amide bonds. The molecule has 2 nitrogen and oxygen atoms in total. The van der Waals surface area contributed by atoms with Gasteiger partial charge in [-0.05, 0) is 27.2 Å². The molecule has 0 aromatic heterocycles. The van der Waals surface area contributed by atoms with Gasteiger partial charge in [-0.1, -0.05) is 58.3 Å². The first-order valence-electron chi connectivity index (χ1n) is 8.92. The monoisotopic (exact) mass is 280 g/mol. The summed E-state index contributed by atoms with van der Waals surface area (Å²) in [6, 6.07) is 0. The highest BCUT2D eigenvalue weighted by Crippen LogP contribution is 2.22. The van der Waals surface area contributed by atoms with Gasteiger partial charge in [0.2, 0.25) is 0 Å². The maximum atomic E-state index is 4.88. The van der Waals surface area contributed by atoms with Gasteiger partial charge in [-0.2, -0.15) is 0 Å². The van der Waals surface area contributed by atoms with E-state index in [1.54, 1.807) is 0 Å². The lowest BCUT2D eigenvalue weighted by Gasteiger charge is -2.20.